The van der Waals surface area contributed by atoms with Gasteiger partial charge in [-0.3, -0.25) is 0 Å². The van der Waals surface area contributed by atoms with E-state index < -0.39 is 0 Å². The maximum absolute atomic E-state index is 8.46. The fourth-order valence-corrected chi connectivity index (χ4v) is 0.944. The second-order valence-electron chi connectivity index (χ2n) is 2.59. The molecule has 0 bridgehead atoms. The molecular formula is C8H19NO. The zero-order valence-corrected chi connectivity index (χ0v) is 6.90. The van der Waals surface area contributed by atoms with Gasteiger partial charge in [-0.2, -0.15) is 0 Å². The van der Waals surface area contributed by atoms with Crippen molar-refractivity contribution in [1.29, 1.82) is 0 Å². The number of nitrogens with one attached hydrogen (secondary N) is 1. The van der Waals surface area contributed by atoms with Crippen molar-refractivity contribution >= 4 is 0 Å². The van der Waals surface area contributed by atoms with E-state index in [0.717, 1.165) is 13.0 Å². The first-order valence-corrected chi connectivity index (χ1v) is 4.17. The SMILES string of the molecule is CNCCCCCCCO. The van der Waals surface area contributed by atoms with Gasteiger partial charge in [-0.1, -0.05) is 19.3 Å². The highest BCUT2D eigenvalue weighted by Crippen LogP contribution is 2.00. The summed E-state index contributed by atoms with van der Waals surface area (Å²) in [7, 11) is 1.98. The molecule has 2 N–H and O–H groups in total. The molecule has 0 unspecified atom stereocenters. The Morgan fingerprint density at radius 3 is 2.20 bits per heavy atom. The molecule has 2 heteroatoms. The van der Waals surface area contributed by atoms with Gasteiger partial charge in [0.05, 0.1) is 0 Å². The average Bonchev–Trinajstić information content (AvgIpc) is 1.97. The van der Waals surface area contributed by atoms with Crippen molar-refractivity contribution in [3.8, 4) is 0 Å². The van der Waals surface area contributed by atoms with Crippen LogP contribution < -0.4 is 5.32 Å². The number of hydrogen-bond donors (Lipinski definition) is 2. The van der Waals surface area contributed by atoms with Crippen LogP contribution in [0.4, 0.5) is 0 Å². The molecule has 0 saturated carbocycles. The van der Waals surface area contributed by atoms with Crippen molar-refractivity contribution in [2.24, 2.45) is 0 Å². The molecule has 0 aromatic heterocycles. The van der Waals surface area contributed by atoms with E-state index in [4.69, 9.17) is 5.11 Å². The highest BCUT2D eigenvalue weighted by molar-refractivity contribution is 4.45. The molecule has 0 aliphatic carbocycles. The molecule has 0 aromatic rings. The predicted octanol–water partition coefficient (Wildman–Crippen LogP) is 1.15. The molecule has 0 atom stereocenters. The zero-order valence-electron chi connectivity index (χ0n) is 6.90. The molecule has 0 heterocycles. The smallest absolute Gasteiger partial charge is 0.0431 e. The van der Waals surface area contributed by atoms with Gasteiger partial charge in [0.25, 0.3) is 0 Å². The lowest BCUT2D eigenvalue weighted by atomic mass is 10.1. The number of aliphatic hydroxyl groups is 1. The lowest BCUT2D eigenvalue weighted by molar-refractivity contribution is 0.282. The van der Waals surface area contributed by atoms with Crippen LogP contribution >= 0.6 is 0 Å². The molecule has 0 fully saturated rings. The Hall–Kier alpha value is -0.0800. The Labute approximate surface area is 63.6 Å². The van der Waals surface area contributed by atoms with Gasteiger partial charge < -0.3 is 10.4 Å². The van der Waals surface area contributed by atoms with Crippen molar-refractivity contribution in [3.63, 3.8) is 0 Å². The highest BCUT2D eigenvalue weighted by Gasteiger charge is 1.87. The topological polar surface area (TPSA) is 32.3 Å². The van der Waals surface area contributed by atoms with E-state index in [-0.39, 0.29) is 0 Å². The first-order valence-electron chi connectivity index (χ1n) is 4.17. The van der Waals surface area contributed by atoms with Crippen LogP contribution in [-0.4, -0.2) is 25.3 Å². The molecule has 0 saturated heterocycles. The summed E-state index contributed by atoms with van der Waals surface area (Å²) >= 11 is 0. The van der Waals surface area contributed by atoms with Crippen molar-refractivity contribution in [1.82, 2.24) is 5.32 Å². The zero-order chi connectivity index (χ0) is 7.66. The summed E-state index contributed by atoms with van der Waals surface area (Å²) < 4.78 is 0. The van der Waals surface area contributed by atoms with Crippen LogP contribution in [0.5, 0.6) is 0 Å². The summed E-state index contributed by atoms with van der Waals surface area (Å²) in [5.74, 6) is 0. The molecular weight excluding hydrogens is 126 g/mol. The van der Waals surface area contributed by atoms with Crippen LogP contribution in [0.2, 0.25) is 0 Å². The third-order valence-corrected chi connectivity index (χ3v) is 1.58. The number of aliphatic hydroxyl groups excluding tert-OH is 1. The fraction of sp³-hybridized carbons (Fsp3) is 1.00. The van der Waals surface area contributed by atoms with E-state index in [1.54, 1.807) is 0 Å². The molecule has 62 valence electrons. The molecule has 0 amide bonds. The van der Waals surface area contributed by atoms with Crippen molar-refractivity contribution in [2.75, 3.05) is 20.2 Å². The van der Waals surface area contributed by atoms with Gasteiger partial charge in [-0.25, -0.2) is 0 Å². The summed E-state index contributed by atoms with van der Waals surface area (Å²) in [6.45, 7) is 1.48. The second-order valence-corrected chi connectivity index (χ2v) is 2.59. The fourth-order valence-electron chi connectivity index (χ4n) is 0.944. The van der Waals surface area contributed by atoms with E-state index in [1.165, 1.54) is 25.7 Å². The first-order chi connectivity index (χ1) is 4.91. The Morgan fingerprint density at radius 2 is 1.60 bits per heavy atom. The van der Waals surface area contributed by atoms with Gasteiger partial charge in [-0.05, 0) is 26.4 Å². The minimum absolute atomic E-state index is 0.353. The predicted molar refractivity (Wildman–Crippen MR) is 44.1 cm³/mol. The highest BCUT2D eigenvalue weighted by atomic mass is 16.2. The van der Waals surface area contributed by atoms with Gasteiger partial charge in [0.1, 0.15) is 0 Å². The molecule has 0 aromatic carbocycles. The third kappa shape index (κ3) is 7.92. The Morgan fingerprint density at radius 1 is 1.00 bits per heavy atom. The van der Waals surface area contributed by atoms with Gasteiger partial charge in [0.15, 0.2) is 0 Å². The summed E-state index contributed by atoms with van der Waals surface area (Å²) in [5, 5.41) is 11.6. The van der Waals surface area contributed by atoms with E-state index in [0.29, 0.717) is 6.61 Å². The van der Waals surface area contributed by atoms with Crippen LogP contribution in [0.1, 0.15) is 32.1 Å². The van der Waals surface area contributed by atoms with Gasteiger partial charge in [0, 0.05) is 6.61 Å². The second kappa shape index (κ2) is 8.92. The lowest BCUT2D eigenvalue weighted by Crippen LogP contribution is -2.06. The van der Waals surface area contributed by atoms with Crippen molar-refractivity contribution in [3.05, 3.63) is 0 Å². The van der Waals surface area contributed by atoms with E-state index in [1.807, 2.05) is 7.05 Å². The Balaban J connectivity index is 2.65. The molecule has 0 spiro atoms. The third-order valence-electron chi connectivity index (χ3n) is 1.58. The summed E-state index contributed by atoms with van der Waals surface area (Å²) in [4.78, 5) is 0. The summed E-state index contributed by atoms with van der Waals surface area (Å²) in [6, 6.07) is 0. The first kappa shape index (κ1) is 9.92. The van der Waals surface area contributed by atoms with Crippen molar-refractivity contribution < 1.29 is 5.11 Å². The largest absolute Gasteiger partial charge is 0.396 e. The monoisotopic (exact) mass is 145 g/mol. The quantitative estimate of drug-likeness (QED) is 0.527. The molecule has 0 aliphatic heterocycles. The Kier molecular flexibility index (Phi) is 8.85. The van der Waals surface area contributed by atoms with E-state index >= 15 is 0 Å². The van der Waals surface area contributed by atoms with Gasteiger partial charge >= 0.3 is 0 Å². The van der Waals surface area contributed by atoms with Crippen LogP contribution in [0, 0.1) is 0 Å². The summed E-state index contributed by atoms with van der Waals surface area (Å²) in [6.07, 6.45) is 5.98. The number of hydrogen-bond acceptors (Lipinski definition) is 2. The molecule has 10 heavy (non-hydrogen) atoms. The van der Waals surface area contributed by atoms with Gasteiger partial charge in [0.2, 0.25) is 0 Å². The van der Waals surface area contributed by atoms with Crippen LogP contribution in [0.3, 0.4) is 0 Å². The summed E-state index contributed by atoms with van der Waals surface area (Å²) in [5.41, 5.74) is 0. The maximum Gasteiger partial charge on any atom is 0.0431 e. The molecule has 2 nitrogen and oxygen atoms in total. The normalized spacial score (nSPS) is 10.2. The van der Waals surface area contributed by atoms with E-state index in [9.17, 15) is 0 Å². The minimum atomic E-state index is 0.353. The number of rotatable bonds is 7. The molecule has 0 radical (unpaired) electrons. The van der Waals surface area contributed by atoms with Gasteiger partial charge in [-0.15, -0.1) is 0 Å². The van der Waals surface area contributed by atoms with Crippen LogP contribution in [0.15, 0.2) is 0 Å². The van der Waals surface area contributed by atoms with Crippen LogP contribution in [-0.2, 0) is 0 Å². The van der Waals surface area contributed by atoms with Crippen molar-refractivity contribution in [2.45, 2.75) is 32.1 Å². The minimum Gasteiger partial charge on any atom is -0.396 e. The standard InChI is InChI=1S/C8H19NO/c1-9-7-5-3-2-4-6-8-10/h9-10H,2-8H2,1H3. The lowest BCUT2D eigenvalue weighted by Gasteiger charge is -1.98. The Bertz CT molecular complexity index is 49.2. The molecule has 0 aliphatic rings. The maximum atomic E-state index is 8.46. The van der Waals surface area contributed by atoms with E-state index in [2.05, 4.69) is 5.32 Å². The van der Waals surface area contributed by atoms with Crippen LogP contribution in [0.25, 0.3) is 0 Å². The number of unbranched alkanes of at least 4 members (excludes halogenated alkanes) is 4. The average molecular weight is 145 g/mol. The molecule has 0 rings (SSSR count).